The normalized spacial score (nSPS) is 14.5. The van der Waals surface area contributed by atoms with Gasteiger partial charge in [0.1, 0.15) is 11.5 Å². The Hall–Kier alpha value is -3.46. The number of benzene rings is 2. The number of carbonyl (C=O) groups excluding carboxylic acids is 2. The number of hydrogen-bond acceptors (Lipinski definition) is 5. The Bertz CT molecular complexity index is 1140. The number of imide groups is 1. The lowest BCUT2D eigenvalue weighted by Crippen LogP contribution is -2.31. The van der Waals surface area contributed by atoms with E-state index in [1.807, 2.05) is 0 Å². The number of amides is 2. The Morgan fingerprint density at radius 2 is 1.71 bits per heavy atom. The monoisotopic (exact) mass is 445 g/mol. The van der Waals surface area contributed by atoms with E-state index >= 15 is 0 Å². The van der Waals surface area contributed by atoms with Crippen molar-refractivity contribution in [3.8, 4) is 5.75 Å². The zero-order valence-corrected chi connectivity index (χ0v) is 16.6. The molecule has 0 radical (unpaired) electrons. The first-order valence-electron chi connectivity index (χ1n) is 9.03. The van der Waals surface area contributed by atoms with Crippen molar-refractivity contribution in [3.63, 3.8) is 0 Å². The maximum absolute atomic E-state index is 13.2. The molecule has 0 atom stereocenters. The minimum atomic E-state index is -4.89. The lowest BCUT2D eigenvalue weighted by molar-refractivity contribution is -0.274. The summed E-state index contributed by atoms with van der Waals surface area (Å²) in [5.41, 5.74) is 0.705. The van der Waals surface area contributed by atoms with Crippen LogP contribution in [0.25, 0.3) is 5.57 Å². The number of thioether (sulfide) groups is 1. The smallest absolute Gasteiger partial charge is 0.468 e. The third-order valence-corrected chi connectivity index (χ3v) is 5.45. The number of furan rings is 1. The van der Waals surface area contributed by atoms with Crippen LogP contribution in [0.1, 0.15) is 11.3 Å². The van der Waals surface area contributed by atoms with E-state index in [0.29, 0.717) is 17.1 Å². The quantitative estimate of drug-likeness (QED) is 0.476. The molecule has 3 aromatic rings. The second kappa shape index (κ2) is 8.35. The summed E-state index contributed by atoms with van der Waals surface area (Å²) in [5, 5.41) is 0. The molecule has 0 aliphatic carbocycles. The SMILES string of the molecule is O=C1C(SCc2ccco2)=C(c2ccccc2)C(=O)N1c1cccc(OC(F)(F)F)c1. The maximum atomic E-state index is 13.2. The van der Waals surface area contributed by atoms with Crippen LogP contribution in [0.15, 0.2) is 82.3 Å². The number of rotatable bonds is 6. The van der Waals surface area contributed by atoms with Crippen LogP contribution in [0.2, 0.25) is 0 Å². The zero-order chi connectivity index (χ0) is 22.0. The third kappa shape index (κ3) is 4.51. The van der Waals surface area contributed by atoms with Crippen molar-refractivity contribution in [1.29, 1.82) is 0 Å². The van der Waals surface area contributed by atoms with Gasteiger partial charge in [-0.2, -0.15) is 0 Å². The molecule has 0 saturated carbocycles. The van der Waals surface area contributed by atoms with E-state index in [1.165, 1.54) is 18.4 Å². The van der Waals surface area contributed by atoms with Gasteiger partial charge in [0, 0.05) is 6.07 Å². The molecule has 4 rings (SSSR count). The Labute approximate surface area is 179 Å². The number of hydrogen-bond donors (Lipinski definition) is 0. The van der Waals surface area contributed by atoms with E-state index in [1.54, 1.807) is 42.5 Å². The molecule has 1 aromatic heterocycles. The molecule has 0 N–H and O–H groups in total. The Kier molecular flexibility index (Phi) is 5.60. The Balaban J connectivity index is 1.70. The summed E-state index contributed by atoms with van der Waals surface area (Å²) in [7, 11) is 0. The van der Waals surface area contributed by atoms with Gasteiger partial charge in [-0.15, -0.1) is 24.9 Å². The summed E-state index contributed by atoms with van der Waals surface area (Å²) >= 11 is 1.13. The average Bonchev–Trinajstić information content (AvgIpc) is 3.32. The van der Waals surface area contributed by atoms with Crippen LogP contribution >= 0.6 is 11.8 Å². The van der Waals surface area contributed by atoms with Gasteiger partial charge in [-0.05, 0) is 29.8 Å². The minimum absolute atomic E-state index is 0.0150. The van der Waals surface area contributed by atoms with Gasteiger partial charge in [0.25, 0.3) is 11.8 Å². The van der Waals surface area contributed by atoms with Crippen LogP contribution in [0.4, 0.5) is 18.9 Å². The van der Waals surface area contributed by atoms with Crippen molar-refractivity contribution in [1.82, 2.24) is 0 Å². The molecule has 2 aromatic carbocycles. The number of nitrogens with zero attached hydrogens (tertiary/aromatic N) is 1. The van der Waals surface area contributed by atoms with Crippen LogP contribution in [0.5, 0.6) is 5.75 Å². The van der Waals surface area contributed by atoms with Crippen molar-refractivity contribution in [2.45, 2.75) is 12.1 Å². The van der Waals surface area contributed by atoms with E-state index < -0.39 is 23.9 Å². The van der Waals surface area contributed by atoms with Gasteiger partial charge in [0.05, 0.1) is 28.2 Å². The number of carbonyl (C=O) groups is 2. The first kappa shape index (κ1) is 20.8. The molecular formula is C22H14F3NO4S. The van der Waals surface area contributed by atoms with Gasteiger partial charge in [-0.1, -0.05) is 36.4 Å². The fraction of sp³-hybridized carbons (Fsp3) is 0.0909. The summed E-state index contributed by atoms with van der Waals surface area (Å²) < 4.78 is 47.0. The number of ether oxygens (including phenoxy) is 1. The lowest BCUT2D eigenvalue weighted by Gasteiger charge is -2.17. The highest BCUT2D eigenvalue weighted by Gasteiger charge is 2.40. The van der Waals surface area contributed by atoms with Crippen LogP contribution in [-0.2, 0) is 15.3 Å². The van der Waals surface area contributed by atoms with E-state index in [9.17, 15) is 22.8 Å². The summed E-state index contributed by atoms with van der Waals surface area (Å²) in [6.07, 6.45) is -3.39. The number of alkyl halides is 3. The van der Waals surface area contributed by atoms with E-state index in [-0.39, 0.29) is 16.2 Å². The van der Waals surface area contributed by atoms with Crippen LogP contribution < -0.4 is 9.64 Å². The largest absolute Gasteiger partial charge is 0.573 e. The van der Waals surface area contributed by atoms with Crippen LogP contribution in [-0.4, -0.2) is 18.2 Å². The molecular weight excluding hydrogens is 431 g/mol. The van der Waals surface area contributed by atoms with Gasteiger partial charge >= 0.3 is 6.36 Å². The summed E-state index contributed by atoms with van der Waals surface area (Å²) in [5.74, 6) is -0.845. The van der Waals surface area contributed by atoms with Crippen molar-refractivity contribution < 1.29 is 31.9 Å². The fourth-order valence-corrected chi connectivity index (χ4v) is 4.11. The highest BCUT2D eigenvalue weighted by atomic mass is 32.2. The second-order valence-corrected chi connectivity index (χ2v) is 7.41. The summed E-state index contributed by atoms with van der Waals surface area (Å²) in [4.78, 5) is 27.5. The molecule has 158 valence electrons. The Morgan fingerprint density at radius 1 is 0.935 bits per heavy atom. The molecule has 0 saturated heterocycles. The highest BCUT2D eigenvalue weighted by Crippen LogP contribution is 2.40. The predicted octanol–water partition coefficient (Wildman–Crippen LogP) is 5.40. The topological polar surface area (TPSA) is 59.8 Å². The van der Waals surface area contributed by atoms with E-state index in [0.717, 1.165) is 28.8 Å². The molecule has 0 spiro atoms. The van der Waals surface area contributed by atoms with Gasteiger partial charge in [0.15, 0.2) is 0 Å². The van der Waals surface area contributed by atoms with Crippen molar-refractivity contribution >= 4 is 34.8 Å². The molecule has 5 nitrogen and oxygen atoms in total. The molecule has 1 aliphatic rings. The van der Waals surface area contributed by atoms with Crippen molar-refractivity contribution in [2.24, 2.45) is 0 Å². The maximum Gasteiger partial charge on any atom is 0.573 e. The first-order chi connectivity index (χ1) is 14.8. The van der Waals surface area contributed by atoms with E-state index in [4.69, 9.17) is 4.42 Å². The highest BCUT2D eigenvalue weighted by molar-refractivity contribution is 8.03. The molecule has 2 heterocycles. The molecule has 0 fully saturated rings. The first-order valence-corrected chi connectivity index (χ1v) is 10.0. The average molecular weight is 445 g/mol. The second-order valence-electron chi connectivity index (χ2n) is 6.43. The van der Waals surface area contributed by atoms with Crippen molar-refractivity contribution in [2.75, 3.05) is 4.90 Å². The molecule has 31 heavy (non-hydrogen) atoms. The van der Waals surface area contributed by atoms with Gasteiger partial charge in [0.2, 0.25) is 0 Å². The Morgan fingerprint density at radius 3 is 2.39 bits per heavy atom. The van der Waals surface area contributed by atoms with Gasteiger partial charge in [-0.25, -0.2) is 4.90 Å². The lowest BCUT2D eigenvalue weighted by atomic mass is 10.1. The molecule has 0 bridgehead atoms. The van der Waals surface area contributed by atoms with Crippen LogP contribution in [0.3, 0.4) is 0 Å². The molecule has 0 unspecified atom stereocenters. The predicted molar refractivity (Wildman–Crippen MR) is 109 cm³/mol. The molecule has 1 aliphatic heterocycles. The number of anilines is 1. The number of halogens is 3. The molecule has 9 heteroatoms. The van der Waals surface area contributed by atoms with Gasteiger partial charge in [-0.3, -0.25) is 9.59 Å². The van der Waals surface area contributed by atoms with Crippen LogP contribution in [0, 0.1) is 0 Å². The third-order valence-electron chi connectivity index (χ3n) is 4.35. The zero-order valence-electron chi connectivity index (χ0n) is 15.8. The van der Waals surface area contributed by atoms with Crippen molar-refractivity contribution in [3.05, 3.63) is 89.2 Å². The van der Waals surface area contributed by atoms with Gasteiger partial charge < -0.3 is 9.15 Å². The van der Waals surface area contributed by atoms with E-state index in [2.05, 4.69) is 4.74 Å². The summed E-state index contributed by atoms with van der Waals surface area (Å²) in [6, 6.07) is 16.8. The summed E-state index contributed by atoms with van der Waals surface area (Å²) in [6.45, 7) is 0. The fourth-order valence-electron chi connectivity index (χ4n) is 3.10. The standard InChI is InChI=1S/C22H14F3NO4S/c23-22(24,25)30-16-9-4-8-15(12-16)26-20(27)18(14-6-2-1-3-7-14)19(21(26)28)31-13-17-10-5-11-29-17/h1-12H,13H2. The minimum Gasteiger partial charge on any atom is -0.468 e. The molecule has 2 amide bonds.